The molecule has 0 aliphatic heterocycles. The number of hydrogen-bond acceptors (Lipinski definition) is 4. The molecule has 4 rings (SSSR count). The molecule has 4 aromatic rings. The highest BCUT2D eigenvalue weighted by atomic mass is 16.1. The molecule has 138 valence electrons. The smallest absolute Gasteiger partial charge is 0.268 e. The number of para-hydroxylation sites is 1. The molecule has 7 nitrogen and oxygen atoms in total. The van der Waals surface area contributed by atoms with E-state index in [-0.39, 0.29) is 5.91 Å². The predicted octanol–water partition coefficient (Wildman–Crippen LogP) is 2.20. The lowest BCUT2D eigenvalue weighted by Crippen LogP contribution is -2.32. The number of likely N-dealkylation sites (N-methyl/N-ethyl adjacent to an activating group) is 1. The zero-order valence-electron chi connectivity index (χ0n) is 15.7. The number of nitrogens with zero attached hydrogens (tertiary/aromatic N) is 5. The Labute approximate surface area is 157 Å². The lowest BCUT2D eigenvalue weighted by atomic mass is 10.2. The number of nitrogens with one attached hydrogen (secondary N) is 1. The number of benzene rings is 1. The second kappa shape index (κ2) is 6.85. The summed E-state index contributed by atoms with van der Waals surface area (Å²) in [6.45, 7) is 1.35. The van der Waals surface area contributed by atoms with E-state index in [1.807, 2.05) is 48.8 Å². The molecule has 1 aromatic carbocycles. The molecular formula is C20H22N6O. The summed E-state index contributed by atoms with van der Waals surface area (Å²) in [5.41, 5.74) is 3.55. The maximum atomic E-state index is 12.9. The Morgan fingerprint density at radius 1 is 1.11 bits per heavy atom. The Balaban J connectivity index is 1.91. The molecule has 0 bridgehead atoms. The van der Waals surface area contributed by atoms with Gasteiger partial charge in [-0.1, -0.05) is 18.2 Å². The number of carbonyl (C=O) groups is 1. The van der Waals surface area contributed by atoms with Crippen LogP contribution in [0.15, 0.2) is 48.8 Å². The quantitative estimate of drug-likeness (QED) is 0.591. The largest absolute Gasteiger partial charge is 0.349 e. The molecule has 0 aliphatic carbocycles. The van der Waals surface area contributed by atoms with Crippen LogP contribution >= 0.6 is 0 Å². The summed E-state index contributed by atoms with van der Waals surface area (Å²) >= 11 is 0. The minimum Gasteiger partial charge on any atom is -0.349 e. The van der Waals surface area contributed by atoms with Crippen molar-refractivity contribution in [3.05, 3.63) is 54.5 Å². The second-order valence-corrected chi connectivity index (χ2v) is 6.78. The SMILES string of the molecule is CN(C)CCNC(=O)c1cc2c(c3ccccc3n2C)n1-c1ncccn1. The van der Waals surface area contributed by atoms with Crippen molar-refractivity contribution in [2.75, 3.05) is 27.2 Å². The maximum Gasteiger partial charge on any atom is 0.268 e. The molecule has 1 amide bonds. The van der Waals surface area contributed by atoms with Crippen LogP contribution in [0.1, 0.15) is 10.5 Å². The van der Waals surface area contributed by atoms with E-state index in [1.165, 1.54) is 0 Å². The molecular weight excluding hydrogens is 340 g/mol. The predicted molar refractivity (Wildman–Crippen MR) is 106 cm³/mol. The van der Waals surface area contributed by atoms with E-state index in [1.54, 1.807) is 18.5 Å². The van der Waals surface area contributed by atoms with Crippen molar-refractivity contribution in [2.24, 2.45) is 7.05 Å². The first-order valence-electron chi connectivity index (χ1n) is 8.87. The van der Waals surface area contributed by atoms with Gasteiger partial charge in [-0.2, -0.15) is 0 Å². The first kappa shape index (κ1) is 17.2. The van der Waals surface area contributed by atoms with Gasteiger partial charge in [-0.25, -0.2) is 9.97 Å². The fourth-order valence-electron chi connectivity index (χ4n) is 3.37. The molecule has 0 atom stereocenters. The van der Waals surface area contributed by atoms with E-state index in [2.05, 4.69) is 32.0 Å². The minimum atomic E-state index is -0.135. The third-order valence-electron chi connectivity index (χ3n) is 4.69. The normalized spacial score (nSPS) is 11.6. The molecule has 27 heavy (non-hydrogen) atoms. The summed E-state index contributed by atoms with van der Waals surface area (Å²) in [6, 6.07) is 11.8. The molecule has 7 heteroatoms. The third-order valence-corrected chi connectivity index (χ3v) is 4.69. The maximum absolute atomic E-state index is 12.9. The van der Waals surface area contributed by atoms with Crippen LogP contribution in [0, 0.1) is 0 Å². The molecule has 0 unspecified atom stereocenters. The zero-order valence-corrected chi connectivity index (χ0v) is 15.7. The first-order chi connectivity index (χ1) is 13.1. The lowest BCUT2D eigenvalue weighted by Gasteiger charge is -2.12. The summed E-state index contributed by atoms with van der Waals surface area (Å²) in [6.07, 6.45) is 3.38. The third kappa shape index (κ3) is 2.96. The van der Waals surface area contributed by atoms with Crippen LogP contribution in [-0.2, 0) is 7.05 Å². The zero-order chi connectivity index (χ0) is 19.0. The Kier molecular flexibility index (Phi) is 4.37. The van der Waals surface area contributed by atoms with Gasteiger partial charge in [0.1, 0.15) is 5.69 Å². The van der Waals surface area contributed by atoms with Gasteiger partial charge in [0.2, 0.25) is 5.95 Å². The van der Waals surface area contributed by atoms with Crippen molar-refractivity contribution in [3.8, 4) is 5.95 Å². The molecule has 0 radical (unpaired) electrons. The monoisotopic (exact) mass is 362 g/mol. The summed E-state index contributed by atoms with van der Waals surface area (Å²) in [4.78, 5) is 23.7. The van der Waals surface area contributed by atoms with Crippen molar-refractivity contribution < 1.29 is 4.79 Å². The van der Waals surface area contributed by atoms with E-state index in [9.17, 15) is 4.79 Å². The van der Waals surface area contributed by atoms with E-state index < -0.39 is 0 Å². The number of amides is 1. The van der Waals surface area contributed by atoms with Crippen molar-refractivity contribution in [3.63, 3.8) is 0 Å². The average Bonchev–Trinajstić information content (AvgIpc) is 3.19. The van der Waals surface area contributed by atoms with Crippen LogP contribution < -0.4 is 5.32 Å². The number of rotatable bonds is 5. The fraction of sp³-hybridized carbons (Fsp3) is 0.250. The van der Waals surface area contributed by atoms with Gasteiger partial charge in [0.15, 0.2) is 0 Å². The van der Waals surface area contributed by atoms with Gasteiger partial charge in [-0.05, 0) is 32.3 Å². The highest BCUT2D eigenvalue weighted by Crippen LogP contribution is 2.32. The van der Waals surface area contributed by atoms with Crippen molar-refractivity contribution >= 4 is 27.8 Å². The van der Waals surface area contributed by atoms with E-state index in [0.717, 1.165) is 28.5 Å². The van der Waals surface area contributed by atoms with Gasteiger partial charge in [0.25, 0.3) is 5.91 Å². The summed E-state index contributed by atoms with van der Waals surface area (Å²) in [5.74, 6) is 0.353. The van der Waals surface area contributed by atoms with Crippen LogP contribution in [0.4, 0.5) is 0 Å². The first-order valence-corrected chi connectivity index (χ1v) is 8.87. The Hall–Kier alpha value is -3.19. The summed E-state index contributed by atoms with van der Waals surface area (Å²) in [5, 5.41) is 4.06. The minimum absolute atomic E-state index is 0.135. The van der Waals surface area contributed by atoms with Crippen molar-refractivity contribution in [2.45, 2.75) is 0 Å². The van der Waals surface area contributed by atoms with E-state index in [0.29, 0.717) is 18.2 Å². The van der Waals surface area contributed by atoms with E-state index >= 15 is 0 Å². The Bertz CT molecular complexity index is 1110. The number of hydrogen-bond donors (Lipinski definition) is 1. The fourth-order valence-corrected chi connectivity index (χ4v) is 3.37. The summed E-state index contributed by atoms with van der Waals surface area (Å²) in [7, 11) is 5.97. The molecule has 3 heterocycles. The van der Waals surface area contributed by atoms with Gasteiger partial charge in [0.05, 0.1) is 16.6 Å². The lowest BCUT2D eigenvalue weighted by molar-refractivity contribution is 0.0944. The molecule has 0 saturated carbocycles. The summed E-state index contributed by atoms with van der Waals surface area (Å²) < 4.78 is 3.95. The standard InChI is InChI=1S/C20H22N6O/c1-24(2)12-11-21-19(27)17-13-16-18(26(17)20-22-9-6-10-23-20)14-7-4-5-8-15(14)25(16)3/h4-10,13H,11-12H2,1-3H3,(H,21,27). The van der Waals surface area contributed by atoms with E-state index in [4.69, 9.17) is 0 Å². The van der Waals surface area contributed by atoms with Crippen LogP contribution in [-0.4, -0.2) is 57.1 Å². The number of aromatic nitrogens is 4. The second-order valence-electron chi connectivity index (χ2n) is 6.78. The van der Waals surface area contributed by atoms with Crippen LogP contribution in [0.3, 0.4) is 0 Å². The van der Waals surface area contributed by atoms with Crippen molar-refractivity contribution in [1.29, 1.82) is 0 Å². The number of aryl methyl sites for hydroxylation is 1. The van der Waals surface area contributed by atoms with Gasteiger partial charge < -0.3 is 14.8 Å². The van der Waals surface area contributed by atoms with Gasteiger partial charge >= 0.3 is 0 Å². The Morgan fingerprint density at radius 3 is 2.59 bits per heavy atom. The highest BCUT2D eigenvalue weighted by molar-refractivity contribution is 6.10. The number of carbonyl (C=O) groups excluding carboxylic acids is 1. The molecule has 0 spiro atoms. The van der Waals surface area contributed by atoms with Crippen LogP contribution in [0.25, 0.3) is 27.9 Å². The van der Waals surface area contributed by atoms with Crippen LogP contribution in [0.2, 0.25) is 0 Å². The molecule has 0 fully saturated rings. The van der Waals surface area contributed by atoms with Gasteiger partial charge in [-0.3, -0.25) is 9.36 Å². The van der Waals surface area contributed by atoms with Crippen molar-refractivity contribution in [1.82, 2.24) is 29.3 Å². The topological polar surface area (TPSA) is 68.0 Å². The van der Waals surface area contributed by atoms with Gasteiger partial charge in [0, 0.05) is 37.9 Å². The van der Waals surface area contributed by atoms with Gasteiger partial charge in [-0.15, -0.1) is 0 Å². The highest BCUT2D eigenvalue weighted by Gasteiger charge is 2.22. The molecule has 0 saturated heterocycles. The Morgan fingerprint density at radius 2 is 1.85 bits per heavy atom. The molecule has 0 aliphatic rings. The average molecular weight is 362 g/mol. The number of fused-ring (bicyclic) bond motifs is 3. The molecule has 1 N–H and O–H groups in total. The molecule has 3 aromatic heterocycles. The van der Waals surface area contributed by atoms with Crippen LogP contribution in [0.5, 0.6) is 0 Å².